The van der Waals surface area contributed by atoms with Crippen molar-refractivity contribution in [2.24, 2.45) is 0 Å². The lowest BCUT2D eigenvalue weighted by Crippen LogP contribution is -2.07. The maximum atomic E-state index is 11.5. The molecule has 0 unspecified atom stereocenters. The first-order valence-corrected chi connectivity index (χ1v) is 6.63. The van der Waals surface area contributed by atoms with Crippen LogP contribution in [0.3, 0.4) is 0 Å². The van der Waals surface area contributed by atoms with Gasteiger partial charge in [-0.15, -0.1) is 0 Å². The zero-order valence-electron chi connectivity index (χ0n) is 11.7. The standard InChI is InChI=1S/C14H15ClN4O2/c1-16-11-12(15)18-8-19-13(11)17-7-9-4-3-5-10(6-9)14(20)21-2/h3-6,8,16H,7H2,1-2H3,(H,17,18,19). The number of nitrogens with one attached hydrogen (secondary N) is 2. The lowest BCUT2D eigenvalue weighted by molar-refractivity contribution is 0.0600. The summed E-state index contributed by atoms with van der Waals surface area (Å²) in [4.78, 5) is 19.5. The molecule has 0 fully saturated rings. The Kier molecular flexibility index (Phi) is 4.94. The van der Waals surface area contributed by atoms with Crippen molar-refractivity contribution in [3.8, 4) is 0 Å². The van der Waals surface area contributed by atoms with Gasteiger partial charge in [0, 0.05) is 13.6 Å². The van der Waals surface area contributed by atoms with Gasteiger partial charge in [-0.05, 0) is 17.7 Å². The molecule has 0 aliphatic rings. The van der Waals surface area contributed by atoms with E-state index in [9.17, 15) is 4.79 Å². The molecule has 0 atom stereocenters. The average molecular weight is 307 g/mol. The molecule has 6 nitrogen and oxygen atoms in total. The van der Waals surface area contributed by atoms with Crippen LogP contribution in [0.4, 0.5) is 11.5 Å². The predicted molar refractivity (Wildman–Crippen MR) is 81.7 cm³/mol. The summed E-state index contributed by atoms with van der Waals surface area (Å²) >= 11 is 5.98. The van der Waals surface area contributed by atoms with Gasteiger partial charge in [0.25, 0.3) is 0 Å². The minimum absolute atomic E-state index is 0.346. The fourth-order valence-electron chi connectivity index (χ4n) is 1.83. The quantitative estimate of drug-likeness (QED) is 0.653. The highest BCUT2D eigenvalue weighted by atomic mass is 35.5. The Morgan fingerprint density at radius 1 is 1.38 bits per heavy atom. The number of rotatable bonds is 5. The summed E-state index contributed by atoms with van der Waals surface area (Å²) in [5.41, 5.74) is 2.06. The molecule has 0 spiro atoms. The topological polar surface area (TPSA) is 76.1 Å². The van der Waals surface area contributed by atoms with E-state index >= 15 is 0 Å². The van der Waals surface area contributed by atoms with E-state index in [4.69, 9.17) is 16.3 Å². The van der Waals surface area contributed by atoms with E-state index in [1.54, 1.807) is 25.2 Å². The summed E-state index contributed by atoms with van der Waals surface area (Å²) in [6.07, 6.45) is 1.39. The molecule has 2 aromatic rings. The molecule has 2 N–H and O–H groups in total. The Morgan fingerprint density at radius 3 is 2.90 bits per heavy atom. The first-order chi connectivity index (χ1) is 10.2. The van der Waals surface area contributed by atoms with Crippen molar-refractivity contribution < 1.29 is 9.53 Å². The third-order valence-electron chi connectivity index (χ3n) is 2.86. The highest BCUT2D eigenvalue weighted by Gasteiger charge is 2.09. The van der Waals surface area contributed by atoms with Crippen molar-refractivity contribution in [1.29, 1.82) is 0 Å². The van der Waals surface area contributed by atoms with Crippen molar-refractivity contribution in [3.63, 3.8) is 0 Å². The van der Waals surface area contributed by atoms with E-state index in [-0.39, 0.29) is 5.97 Å². The smallest absolute Gasteiger partial charge is 0.337 e. The van der Waals surface area contributed by atoms with Crippen LogP contribution in [-0.4, -0.2) is 30.1 Å². The second-order valence-corrected chi connectivity index (χ2v) is 4.54. The van der Waals surface area contributed by atoms with Crippen LogP contribution in [0.2, 0.25) is 5.15 Å². The summed E-state index contributed by atoms with van der Waals surface area (Å²) in [6.45, 7) is 0.493. The first-order valence-electron chi connectivity index (χ1n) is 6.25. The molecule has 0 saturated heterocycles. The number of hydrogen-bond acceptors (Lipinski definition) is 6. The maximum absolute atomic E-state index is 11.5. The van der Waals surface area contributed by atoms with Crippen molar-refractivity contribution in [1.82, 2.24) is 9.97 Å². The maximum Gasteiger partial charge on any atom is 0.337 e. The molecule has 1 heterocycles. The molecule has 1 aromatic carbocycles. The van der Waals surface area contributed by atoms with Crippen LogP contribution in [-0.2, 0) is 11.3 Å². The van der Waals surface area contributed by atoms with Crippen LogP contribution in [0.15, 0.2) is 30.6 Å². The number of aromatic nitrogens is 2. The van der Waals surface area contributed by atoms with E-state index < -0.39 is 0 Å². The molecular formula is C14H15ClN4O2. The summed E-state index contributed by atoms with van der Waals surface area (Å²) in [6, 6.07) is 7.17. The van der Waals surface area contributed by atoms with Crippen LogP contribution in [0.5, 0.6) is 0 Å². The van der Waals surface area contributed by atoms with E-state index in [1.807, 2.05) is 6.07 Å². The Hall–Kier alpha value is -2.34. The number of nitrogens with zero attached hydrogens (tertiary/aromatic N) is 2. The number of halogens is 1. The summed E-state index contributed by atoms with van der Waals surface area (Å²) < 4.78 is 4.70. The van der Waals surface area contributed by atoms with Gasteiger partial charge in [-0.3, -0.25) is 0 Å². The van der Waals surface area contributed by atoms with Crippen LogP contribution < -0.4 is 10.6 Å². The van der Waals surface area contributed by atoms with Gasteiger partial charge < -0.3 is 15.4 Å². The molecule has 0 saturated carbocycles. The number of ether oxygens (including phenoxy) is 1. The highest BCUT2D eigenvalue weighted by molar-refractivity contribution is 6.32. The molecule has 110 valence electrons. The van der Waals surface area contributed by atoms with Crippen molar-refractivity contribution in [3.05, 3.63) is 46.9 Å². The van der Waals surface area contributed by atoms with E-state index in [0.29, 0.717) is 28.8 Å². The molecule has 0 radical (unpaired) electrons. The number of anilines is 2. The monoisotopic (exact) mass is 306 g/mol. The summed E-state index contributed by atoms with van der Waals surface area (Å²) in [5, 5.41) is 6.45. The van der Waals surface area contributed by atoms with Gasteiger partial charge >= 0.3 is 5.97 Å². The third-order valence-corrected chi connectivity index (χ3v) is 3.15. The Morgan fingerprint density at radius 2 is 2.19 bits per heavy atom. The zero-order chi connectivity index (χ0) is 15.2. The van der Waals surface area contributed by atoms with Crippen LogP contribution in [0, 0.1) is 0 Å². The van der Waals surface area contributed by atoms with Gasteiger partial charge in [0.15, 0.2) is 11.0 Å². The molecule has 21 heavy (non-hydrogen) atoms. The van der Waals surface area contributed by atoms with Gasteiger partial charge in [-0.2, -0.15) is 0 Å². The molecule has 0 aliphatic carbocycles. The fraction of sp³-hybridized carbons (Fsp3) is 0.214. The number of methoxy groups -OCH3 is 1. The normalized spacial score (nSPS) is 10.0. The second kappa shape index (κ2) is 6.90. The van der Waals surface area contributed by atoms with Gasteiger partial charge in [0.1, 0.15) is 12.0 Å². The van der Waals surface area contributed by atoms with Crippen molar-refractivity contribution in [2.45, 2.75) is 6.54 Å². The molecule has 7 heteroatoms. The van der Waals surface area contributed by atoms with E-state index in [1.165, 1.54) is 13.4 Å². The van der Waals surface area contributed by atoms with Crippen LogP contribution in [0.1, 0.15) is 15.9 Å². The van der Waals surface area contributed by atoms with Gasteiger partial charge in [0.05, 0.1) is 12.7 Å². The molecule has 1 aromatic heterocycles. The van der Waals surface area contributed by atoms with Gasteiger partial charge in [-0.25, -0.2) is 14.8 Å². The Labute approximate surface area is 127 Å². The zero-order valence-corrected chi connectivity index (χ0v) is 12.4. The number of carbonyl (C=O) groups is 1. The van der Waals surface area contributed by atoms with Crippen molar-refractivity contribution >= 4 is 29.1 Å². The fourth-order valence-corrected chi connectivity index (χ4v) is 2.06. The number of hydrogen-bond donors (Lipinski definition) is 2. The molecule has 0 aliphatic heterocycles. The minimum atomic E-state index is -0.363. The lowest BCUT2D eigenvalue weighted by atomic mass is 10.1. The summed E-state index contributed by atoms with van der Waals surface area (Å²) in [7, 11) is 3.10. The van der Waals surface area contributed by atoms with Crippen LogP contribution in [0.25, 0.3) is 0 Å². The molecule has 0 bridgehead atoms. The first kappa shape index (κ1) is 15.1. The molecule has 0 amide bonds. The number of esters is 1. The van der Waals surface area contributed by atoms with Crippen LogP contribution >= 0.6 is 11.6 Å². The number of benzene rings is 1. The second-order valence-electron chi connectivity index (χ2n) is 4.18. The van der Waals surface area contributed by atoms with Gasteiger partial charge in [0.2, 0.25) is 0 Å². The molecular weight excluding hydrogens is 292 g/mol. The van der Waals surface area contributed by atoms with E-state index in [0.717, 1.165) is 5.56 Å². The lowest BCUT2D eigenvalue weighted by Gasteiger charge is -2.11. The minimum Gasteiger partial charge on any atom is -0.465 e. The van der Waals surface area contributed by atoms with Gasteiger partial charge in [-0.1, -0.05) is 23.7 Å². The Bertz CT molecular complexity index is 649. The van der Waals surface area contributed by atoms with Crippen molar-refractivity contribution in [2.75, 3.05) is 24.8 Å². The largest absolute Gasteiger partial charge is 0.465 e. The summed E-state index contributed by atoms with van der Waals surface area (Å²) in [5.74, 6) is 0.235. The number of carbonyl (C=O) groups excluding carboxylic acids is 1. The SMILES string of the molecule is CNc1c(Cl)ncnc1NCc1cccc(C(=O)OC)c1. The highest BCUT2D eigenvalue weighted by Crippen LogP contribution is 2.25. The molecule has 2 rings (SSSR count). The van der Waals surface area contributed by atoms with E-state index in [2.05, 4.69) is 20.6 Å². The third kappa shape index (κ3) is 3.61. The average Bonchev–Trinajstić information content (AvgIpc) is 2.52. The Balaban J connectivity index is 2.13. The predicted octanol–water partition coefficient (Wildman–Crippen LogP) is 2.57.